The van der Waals surface area contributed by atoms with Gasteiger partial charge in [-0.1, -0.05) is 19.8 Å². The van der Waals surface area contributed by atoms with E-state index >= 15 is 0 Å². The molecule has 1 saturated heterocycles. The number of carbonyl (C=O) groups excluding carboxylic acids is 1. The molecule has 2 aromatic carbocycles. The molecule has 142 valence electrons. The number of anilines is 1. The average molecular weight is 373 g/mol. The lowest BCUT2D eigenvalue weighted by Gasteiger charge is -2.25. The molecule has 0 aliphatic carbocycles. The Morgan fingerprint density at radius 2 is 1.61 bits per heavy atom. The van der Waals surface area contributed by atoms with Crippen LogP contribution in [-0.2, 0) is 0 Å². The Labute approximate surface area is 165 Å². The van der Waals surface area contributed by atoms with Crippen molar-refractivity contribution >= 4 is 11.5 Å². The fraction of sp³-hybridized carbons (Fsp3) is 0.348. The van der Waals surface area contributed by atoms with Crippen LogP contribution in [0.4, 0.5) is 5.69 Å². The smallest absolute Gasteiger partial charge is 0.162 e. The summed E-state index contributed by atoms with van der Waals surface area (Å²) in [6.45, 7) is 3.63. The molecular formula is C23H23N3O2. The van der Waals surface area contributed by atoms with Crippen LogP contribution >= 0.6 is 0 Å². The molecular weight excluding hydrogens is 350 g/mol. The predicted molar refractivity (Wildman–Crippen MR) is 108 cm³/mol. The standard InChI is InChI=1S/C23H23N3O2/c1-2-22(27)17-7-9-20(10-8-17)28-23-14-19(16-25)18(15-24)13-21(23)26-11-5-3-4-6-12-26/h7-10,13-14H,2-6,11-12H2,1H3. The Morgan fingerprint density at radius 3 is 2.18 bits per heavy atom. The van der Waals surface area contributed by atoms with Crippen molar-refractivity contribution in [3.8, 4) is 23.6 Å². The highest BCUT2D eigenvalue weighted by molar-refractivity contribution is 5.95. The lowest BCUT2D eigenvalue weighted by atomic mass is 10.1. The van der Waals surface area contributed by atoms with E-state index in [9.17, 15) is 15.3 Å². The predicted octanol–water partition coefficient (Wildman–Crippen LogP) is 5.20. The van der Waals surface area contributed by atoms with Crippen LogP contribution in [-0.4, -0.2) is 18.9 Å². The van der Waals surface area contributed by atoms with Crippen LogP contribution in [0.25, 0.3) is 0 Å². The Hall–Kier alpha value is -3.31. The van der Waals surface area contributed by atoms with Crippen LogP contribution in [0.3, 0.4) is 0 Å². The number of ether oxygens (including phenoxy) is 1. The van der Waals surface area contributed by atoms with Gasteiger partial charge in [-0.25, -0.2) is 0 Å². The number of rotatable bonds is 5. The fourth-order valence-corrected chi connectivity index (χ4v) is 3.43. The van der Waals surface area contributed by atoms with E-state index in [4.69, 9.17) is 4.74 Å². The first kappa shape index (κ1) is 19.5. The van der Waals surface area contributed by atoms with Gasteiger partial charge in [-0.3, -0.25) is 4.79 Å². The first-order valence-electron chi connectivity index (χ1n) is 9.70. The lowest BCUT2D eigenvalue weighted by molar-refractivity contribution is 0.0988. The minimum absolute atomic E-state index is 0.0851. The Kier molecular flexibility index (Phi) is 6.29. The molecule has 0 spiro atoms. The van der Waals surface area contributed by atoms with Crippen molar-refractivity contribution in [3.05, 3.63) is 53.1 Å². The molecule has 2 aromatic rings. The summed E-state index contributed by atoms with van der Waals surface area (Å²) in [5.74, 6) is 1.24. The van der Waals surface area contributed by atoms with E-state index < -0.39 is 0 Å². The molecule has 0 bridgehead atoms. The van der Waals surface area contributed by atoms with Crippen LogP contribution in [0.2, 0.25) is 0 Å². The summed E-state index contributed by atoms with van der Waals surface area (Å²) in [5, 5.41) is 18.8. The summed E-state index contributed by atoms with van der Waals surface area (Å²) in [4.78, 5) is 14.1. The summed E-state index contributed by atoms with van der Waals surface area (Å²) in [7, 11) is 0. The lowest BCUT2D eigenvalue weighted by Crippen LogP contribution is -2.24. The van der Waals surface area contributed by atoms with Crippen molar-refractivity contribution in [3.63, 3.8) is 0 Å². The van der Waals surface area contributed by atoms with E-state index in [1.54, 1.807) is 36.4 Å². The van der Waals surface area contributed by atoms with Gasteiger partial charge in [-0.05, 0) is 43.2 Å². The molecule has 0 amide bonds. The van der Waals surface area contributed by atoms with Gasteiger partial charge >= 0.3 is 0 Å². The zero-order valence-corrected chi connectivity index (χ0v) is 16.1. The molecule has 0 atom stereocenters. The average Bonchev–Trinajstić information content (AvgIpc) is 3.02. The molecule has 1 aliphatic heterocycles. The van der Waals surface area contributed by atoms with Gasteiger partial charge in [0.25, 0.3) is 0 Å². The Morgan fingerprint density at radius 1 is 1.00 bits per heavy atom. The summed E-state index contributed by atoms with van der Waals surface area (Å²) in [5.41, 5.74) is 2.15. The number of hydrogen-bond donors (Lipinski definition) is 0. The highest BCUT2D eigenvalue weighted by Crippen LogP contribution is 2.36. The molecule has 0 radical (unpaired) electrons. The number of nitrogens with zero attached hydrogens (tertiary/aromatic N) is 3. The van der Waals surface area contributed by atoms with E-state index in [1.807, 2.05) is 6.92 Å². The Bertz CT molecular complexity index is 928. The second kappa shape index (κ2) is 9.06. The van der Waals surface area contributed by atoms with Crippen LogP contribution in [0.1, 0.15) is 60.5 Å². The molecule has 1 fully saturated rings. The van der Waals surface area contributed by atoms with Crippen LogP contribution in [0, 0.1) is 22.7 Å². The summed E-state index contributed by atoms with van der Waals surface area (Å²) in [6.07, 6.45) is 5.03. The summed E-state index contributed by atoms with van der Waals surface area (Å²) >= 11 is 0. The summed E-state index contributed by atoms with van der Waals surface area (Å²) in [6, 6.07) is 14.6. The molecule has 28 heavy (non-hydrogen) atoms. The third-order valence-electron chi connectivity index (χ3n) is 5.01. The minimum Gasteiger partial charge on any atom is -0.455 e. The number of hydrogen-bond acceptors (Lipinski definition) is 5. The van der Waals surface area contributed by atoms with Crippen LogP contribution in [0.15, 0.2) is 36.4 Å². The van der Waals surface area contributed by atoms with Crippen molar-refractivity contribution < 1.29 is 9.53 Å². The first-order chi connectivity index (χ1) is 13.7. The van der Waals surface area contributed by atoms with Gasteiger partial charge in [0.05, 0.1) is 16.8 Å². The van der Waals surface area contributed by atoms with E-state index in [1.165, 1.54) is 12.8 Å². The maximum atomic E-state index is 11.8. The zero-order chi connectivity index (χ0) is 19.9. The fourth-order valence-electron chi connectivity index (χ4n) is 3.43. The van der Waals surface area contributed by atoms with E-state index in [0.717, 1.165) is 31.6 Å². The van der Waals surface area contributed by atoms with Crippen molar-refractivity contribution in [2.75, 3.05) is 18.0 Å². The van der Waals surface area contributed by atoms with Crippen LogP contribution < -0.4 is 9.64 Å². The van der Waals surface area contributed by atoms with E-state index in [2.05, 4.69) is 17.0 Å². The van der Waals surface area contributed by atoms with Gasteiger partial charge in [-0.15, -0.1) is 0 Å². The number of benzene rings is 2. The monoisotopic (exact) mass is 373 g/mol. The quantitative estimate of drug-likeness (QED) is 0.674. The number of Topliss-reactive ketones (excluding diaryl/α,β-unsaturated/α-hetero) is 1. The molecule has 5 nitrogen and oxygen atoms in total. The molecule has 5 heteroatoms. The van der Waals surface area contributed by atoms with Gasteiger partial charge < -0.3 is 9.64 Å². The molecule has 0 N–H and O–H groups in total. The second-order valence-corrected chi connectivity index (χ2v) is 6.89. The highest BCUT2D eigenvalue weighted by atomic mass is 16.5. The van der Waals surface area contributed by atoms with Gasteiger partial charge in [0.2, 0.25) is 0 Å². The molecule has 3 rings (SSSR count). The van der Waals surface area contributed by atoms with Crippen molar-refractivity contribution in [1.82, 2.24) is 0 Å². The normalized spacial score (nSPS) is 13.9. The molecule has 0 saturated carbocycles. The molecule has 0 unspecified atom stereocenters. The van der Waals surface area contributed by atoms with Crippen molar-refractivity contribution in [1.29, 1.82) is 10.5 Å². The largest absolute Gasteiger partial charge is 0.455 e. The zero-order valence-electron chi connectivity index (χ0n) is 16.1. The molecule has 1 aliphatic rings. The maximum absolute atomic E-state index is 11.8. The van der Waals surface area contributed by atoms with Gasteiger partial charge in [0, 0.05) is 31.1 Å². The number of nitriles is 2. The SMILES string of the molecule is CCC(=O)c1ccc(Oc2cc(C#N)c(C#N)cc2N2CCCCCC2)cc1. The van der Waals surface area contributed by atoms with Gasteiger partial charge in [-0.2, -0.15) is 10.5 Å². The minimum atomic E-state index is 0.0851. The van der Waals surface area contributed by atoms with E-state index in [-0.39, 0.29) is 5.78 Å². The van der Waals surface area contributed by atoms with Gasteiger partial charge in [0.1, 0.15) is 17.9 Å². The second-order valence-electron chi connectivity index (χ2n) is 6.89. The Balaban J connectivity index is 1.97. The number of carbonyl (C=O) groups is 1. The van der Waals surface area contributed by atoms with Gasteiger partial charge in [0.15, 0.2) is 11.5 Å². The maximum Gasteiger partial charge on any atom is 0.162 e. The third kappa shape index (κ3) is 4.32. The van der Waals surface area contributed by atoms with E-state index in [0.29, 0.717) is 34.6 Å². The topological polar surface area (TPSA) is 77.1 Å². The first-order valence-corrected chi connectivity index (χ1v) is 9.70. The highest BCUT2D eigenvalue weighted by Gasteiger charge is 2.19. The van der Waals surface area contributed by atoms with Crippen molar-refractivity contribution in [2.45, 2.75) is 39.0 Å². The number of ketones is 1. The molecule has 1 heterocycles. The van der Waals surface area contributed by atoms with Crippen LogP contribution in [0.5, 0.6) is 11.5 Å². The molecule has 0 aromatic heterocycles. The summed E-state index contributed by atoms with van der Waals surface area (Å²) < 4.78 is 6.10. The van der Waals surface area contributed by atoms with Crippen molar-refractivity contribution in [2.24, 2.45) is 0 Å². The third-order valence-corrected chi connectivity index (χ3v) is 5.01.